The summed E-state index contributed by atoms with van der Waals surface area (Å²) in [5.74, 6) is 2.90. The first kappa shape index (κ1) is 17.8. The maximum Gasteiger partial charge on any atom is 0.224 e. The van der Waals surface area contributed by atoms with Gasteiger partial charge in [-0.1, -0.05) is 6.07 Å². The van der Waals surface area contributed by atoms with Crippen LogP contribution in [-0.4, -0.2) is 36.3 Å². The summed E-state index contributed by atoms with van der Waals surface area (Å²) in [5.41, 5.74) is 1.12. The van der Waals surface area contributed by atoms with Crippen LogP contribution in [0.5, 0.6) is 11.5 Å². The summed E-state index contributed by atoms with van der Waals surface area (Å²) < 4.78 is 10.6. The predicted octanol–water partition coefficient (Wildman–Crippen LogP) is 3.36. The lowest BCUT2D eigenvalue weighted by atomic mass is 10.1. The van der Waals surface area contributed by atoms with E-state index < -0.39 is 0 Å². The summed E-state index contributed by atoms with van der Waals surface area (Å²) in [6.07, 6.45) is 2.58. The van der Waals surface area contributed by atoms with Crippen molar-refractivity contribution in [3.05, 3.63) is 36.0 Å². The monoisotopic (exact) mass is 330 g/mol. The minimum Gasteiger partial charge on any atom is -0.493 e. The van der Waals surface area contributed by atoms with Crippen molar-refractivity contribution in [1.82, 2.24) is 9.97 Å². The fraction of sp³-hybridized carbons (Fsp3) is 0.444. The third kappa shape index (κ3) is 5.30. The van der Waals surface area contributed by atoms with Gasteiger partial charge in [-0.2, -0.15) is 4.98 Å². The standard InChI is InChI=1S/C18H26N4O2/c1-18(2,3)22-16-9-11-20-17(21-16)19-10-8-13-6-7-14(23-4)15(12-13)24-5/h6-7,9,11-12H,8,10H2,1-5H3,(H2,19,20,21,22). The average molecular weight is 330 g/mol. The fourth-order valence-corrected chi connectivity index (χ4v) is 2.25. The second kappa shape index (κ2) is 7.86. The Morgan fingerprint density at radius 2 is 1.79 bits per heavy atom. The molecule has 0 radical (unpaired) electrons. The van der Waals surface area contributed by atoms with Crippen LogP contribution in [0.2, 0.25) is 0 Å². The highest BCUT2D eigenvalue weighted by Crippen LogP contribution is 2.27. The molecule has 2 rings (SSSR count). The number of nitrogens with zero attached hydrogens (tertiary/aromatic N) is 2. The Hall–Kier alpha value is -2.50. The molecule has 0 aliphatic heterocycles. The van der Waals surface area contributed by atoms with E-state index in [1.165, 1.54) is 0 Å². The molecule has 0 bridgehead atoms. The van der Waals surface area contributed by atoms with Gasteiger partial charge in [-0.15, -0.1) is 0 Å². The number of methoxy groups -OCH3 is 2. The molecule has 0 spiro atoms. The van der Waals surface area contributed by atoms with E-state index in [9.17, 15) is 0 Å². The molecular weight excluding hydrogens is 304 g/mol. The Kier molecular flexibility index (Phi) is 5.84. The molecule has 0 saturated carbocycles. The van der Waals surface area contributed by atoms with Crippen molar-refractivity contribution in [3.63, 3.8) is 0 Å². The average Bonchev–Trinajstić information content (AvgIpc) is 2.53. The Morgan fingerprint density at radius 1 is 1.04 bits per heavy atom. The van der Waals surface area contributed by atoms with Crippen molar-refractivity contribution in [2.45, 2.75) is 32.7 Å². The van der Waals surface area contributed by atoms with Crippen molar-refractivity contribution in [2.24, 2.45) is 0 Å². The molecule has 0 aliphatic rings. The third-order valence-electron chi connectivity index (χ3n) is 3.30. The molecule has 0 aliphatic carbocycles. The molecule has 1 aromatic heterocycles. The maximum atomic E-state index is 5.33. The van der Waals surface area contributed by atoms with Crippen molar-refractivity contribution in [1.29, 1.82) is 0 Å². The number of hydrogen-bond acceptors (Lipinski definition) is 6. The third-order valence-corrected chi connectivity index (χ3v) is 3.30. The first-order valence-electron chi connectivity index (χ1n) is 7.97. The molecule has 2 N–H and O–H groups in total. The normalized spacial score (nSPS) is 11.0. The smallest absolute Gasteiger partial charge is 0.224 e. The molecule has 130 valence electrons. The lowest BCUT2D eigenvalue weighted by Gasteiger charge is -2.21. The van der Waals surface area contributed by atoms with E-state index in [1.807, 2.05) is 24.3 Å². The van der Waals surface area contributed by atoms with Gasteiger partial charge in [0, 0.05) is 18.3 Å². The van der Waals surface area contributed by atoms with Gasteiger partial charge in [-0.25, -0.2) is 4.98 Å². The Morgan fingerprint density at radius 3 is 2.46 bits per heavy atom. The lowest BCUT2D eigenvalue weighted by molar-refractivity contribution is 0.354. The Labute approximate surface area is 143 Å². The summed E-state index contributed by atoms with van der Waals surface area (Å²) in [6.45, 7) is 7.02. The van der Waals surface area contributed by atoms with Crippen LogP contribution in [0.15, 0.2) is 30.5 Å². The van der Waals surface area contributed by atoms with Crippen LogP contribution in [0.3, 0.4) is 0 Å². The summed E-state index contributed by atoms with van der Waals surface area (Å²) in [6, 6.07) is 7.80. The second-order valence-corrected chi connectivity index (χ2v) is 6.51. The fourth-order valence-electron chi connectivity index (χ4n) is 2.25. The van der Waals surface area contributed by atoms with E-state index in [0.29, 0.717) is 5.95 Å². The number of benzene rings is 1. The zero-order valence-electron chi connectivity index (χ0n) is 15.0. The highest BCUT2D eigenvalue weighted by atomic mass is 16.5. The number of aromatic nitrogens is 2. The van der Waals surface area contributed by atoms with Gasteiger partial charge in [-0.05, 0) is 51.0 Å². The minimum absolute atomic E-state index is 0.0364. The Bertz CT molecular complexity index is 668. The largest absolute Gasteiger partial charge is 0.493 e. The van der Waals surface area contributed by atoms with E-state index in [2.05, 4.69) is 41.4 Å². The molecule has 6 heteroatoms. The van der Waals surface area contributed by atoms with E-state index in [1.54, 1.807) is 20.4 Å². The molecule has 1 heterocycles. The van der Waals surface area contributed by atoms with Crippen LogP contribution in [0.4, 0.5) is 11.8 Å². The van der Waals surface area contributed by atoms with E-state index in [-0.39, 0.29) is 5.54 Å². The number of hydrogen-bond donors (Lipinski definition) is 2. The van der Waals surface area contributed by atoms with Crippen molar-refractivity contribution in [3.8, 4) is 11.5 Å². The molecule has 2 aromatic rings. The minimum atomic E-state index is -0.0364. The Balaban J connectivity index is 1.93. The van der Waals surface area contributed by atoms with E-state index in [0.717, 1.165) is 35.8 Å². The lowest BCUT2D eigenvalue weighted by Crippen LogP contribution is -2.26. The molecule has 0 unspecified atom stereocenters. The van der Waals surface area contributed by atoms with Gasteiger partial charge in [0.05, 0.1) is 14.2 Å². The first-order chi connectivity index (χ1) is 11.4. The predicted molar refractivity (Wildman–Crippen MR) is 97.1 cm³/mol. The van der Waals surface area contributed by atoms with Crippen molar-refractivity contribution in [2.75, 3.05) is 31.4 Å². The highest BCUT2D eigenvalue weighted by Gasteiger charge is 2.10. The number of ether oxygens (including phenoxy) is 2. The summed E-state index contributed by atoms with van der Waals surface area (Å²) in [5, 5.41) is 6.59. The molecule has 0 fully saturated rings. The van der Waals surface area contributed by atoms with Gasteiger partial charge in [0.25, 0.3) is 0 Å². The molecule has 0 saturated heterocycles. The van der Waals surface area contributed by atoms with Gasteiger partial charge in [0.1, 0.15) is 5.82 Å². The topological polar surface area (TPSA) is 68.3 Å². The molecular formula is C18H26N4O2. The van der Waals surface area contributed by atoms with E-state index >= 15 is 0 Å². The van der Waals surface area contributed by atoms with Crippen LogP contribution >= 0.6 is 0 Å². The molecule has 0 atom stereocenters. The van der Waals surface area contributed by atoms with Crippen molar-refractivity contribution >= 4 is 11.8 Å². The zero-order chi connectivity index (χ0) is 17.6. The van der Waals surface area contributed by atoms with Gasteiger partial charge < -0.3 is 20.1 Å². The molecule has 1 aromatic carbocycles. The molecule has 0 amide bonds. The van der Waals surface area contributed by atoms with Gasteiger partial charge >= 0.3 is 0 Å². The number of anilines is 2. The molecule has 6 nitrogen and oxygen atoms in total. The maximum absolute atomic E-state index is 5.33. The van der Waals surface area contributed by atoms with Crippen LogP contribution in [-0.2, 0) is 6.42 Å². The van der Waals surface area contributed by atoms with Gasteiger partial charge in [-0.3, -0.25) is 0 Å². The highest BCUT2D eigenvalue weighted by molar-refractivity contribution is 5.44. The SMILES string of the molecule is COc1ccc(CCNc2nccc(NC(C)(C)C)n2)cc1OC. The van der Waals surface area contributed by atoms with Crippen LogP contribution in [0.25, 0.3) is 0 Å². The van der Waals surface area contributed by atoms with Crippen LogP contribution in [0.1, 0.15) is 26.3 Å². The van der Waals surface area contributed by atoms with Crippen LogP contribution < -0.4 is 20.1 Å². The second-order valence-electron chi connectivity index (χ2n) is 6.51. The summed E-state index contributed by atoms with van der Waals surface area (Å²) in [4.78, 5) is 8.73. The quantitative estimate of drug-likeness (QED) is 0.811. The summed E-state index contributed by atoms with van der Waals surface area (Å²) >= 11 is 0. The molecule has 24 heavy (non-hydrogen) atoms. The van der Waals surface area contributed by atoms with Crippen molar-refractivity contribution < 1.29 is 9.47 Å². The number of nitrogens with one attached hydrogen (secondary N) is 2. The van der Waals surface area contributed by atoms with E-state index in [4.69, 9.17) is 9.47 Å². The number of rotatable bonds is 7. The van der Waals surface area contributed by atoms with Gasteiger partial charge in [0.15, 0.2) is 11.5 Å². The van der Waals surface area contributed by atoms with Crippen LogP contribution in [0, 0.1) is 0 Å². The summed E-state index contributed by atoms with van der Waals surface area (Å²) in [7, 11) is 3.27. The van der Waals surface area contributed by atoms with Gasteiger partial charge in [0.2, 0.25) is 5.95 Å². The zero-order valence-corrected chi connectivity index (χ0v) is 15.0. The first-order valence-corrected chi connectivity index (χ1v) is 7.97.